The van der Waals surface area contributed by atoms with Gasteiger partial charge >= 0.3 is 0 Å². The first-order chi connectivity index (χ1) is 10.1. The first kappa shape index (κ1) is 18.3. The van der Waals surface area contributed by atoms with Gasteiger partial charge in [0.1, 0.15) is 0 Å². The average Bonchev–Trinajstić information content (AvgIpc) is 2.48. The molecule has 122 valence electrons. The van der Waals surface area contributed by atoms with Crippen molar-refractivity contribution in [2.75, 3.05) is 6.54 Å². The highest BCUT2D eigenvalue weighted by Crippen LogP contribution is 2.30. The smallest absolute Gasteiger partial charge is 0.246 e. The van der Waals surface area contributed by atoms with E-state index in [1.807, 2.05) is 6.08 Å². The Bertz CT molecular complexity index is 324. The molecule has 0 saturated carbocycles. The molecule has 2 heteroatoms. The summed E-state index contributed by atoms with van der Waals surface area (Å²) >= 11 is 0. The molecule has 1 amide bonds. The minimum absolute atomic E-state index is 0.0726. The van der Waals surface area contributed by atoms with Crippen molar-refractivity contribution < 1.29 is 4.79 Å². The third-order valence-corrected chi connectivity index (χ3v) is 4.84. The highest BCUT2D eigenvalue weighted by Gasteiger charge is 2.33. The minimum Gasteiger partial charge on any atom is -0.333 e. The van der Waals surface area contributed by atoms with Crippen LogP contribution in [0, 0.1) is 0 Å². The maximum absolute atomic E-state index is 12.2. The van der Waals surface area contributed by atoms with Crippen molar-refractivity contribution in [2.24, 2.45) is 0 Å². The Labute approximate surface area is 132 Å². The summed E-state index contributed by atoms with van der Waals surface area (Å²) in [5, 5.41) is 0. The van der Waals surface area contributed by atoms with Crippen molar-refractivity contribution in [3.8, 4) is 0 Å². The van der Waals surface area contributed by atoms with E-state index in [4.69, 9.17) is 0 Å². The predicted octanol–water partition coefficient (Wildman–Crippen LogP) is 5.47. The molecular formula is C19H35NO. The zero-order chi connectivity index (χ0) is 15.6. The van der Waals surface area contributed by atoms with E-state index in [9.17, 15) is 4.79 Å². The van der Waals surface area contributed by atoms with Crippen LogP contribution >= 0.6 is 0 Å². The van der Waals surface area contributed by atoms with Crippen LogP contribution in [-0.4, -0.2) is 22.9 Å². The molecule has 1 atom stereocenters. The van der Waals surface area contributed by atoms with Crippen molar-refractivity contribution >= 4 is 5.91 Å². The number of carbonyl (C=O) groups excluding carboxylic acids is 1. The molecule has 0 aromatic rings. The lowest BCUT2D eigenvalue weighted by Gasteiger charge is -2.43. The Hall–Kier alpha value is -0.790. The largest absolute Gasteiger partial charge is 0.333 e. The van der Waals surface area contributed by atoms with Gasteiger partial charge in [0, 0.05) is 12.1 Å². The van der Waals surface area contributed by atoms with Crippen LogP contribution in [0.25, 0.3) is 0 Å². The van der Waals surface area contributed by atoms with Gasteiger partial charge in [-0.05, 0) is 32.3 Å². The number of amides is 1. The van der Waals surface area contributed by atoms with Crippen LogP contribution in [0.15, 0.2) is 12.2 Å². The van der Waals surface area contributed by atoms with Crippen LogP contribution < -0.4 is 0 Å². The zero-order valence-electron chi connectivity index (χ0n) is 14.5. The summed E-state index contributed by atoms with van der Waals surface area (Å²) in [5.74, 6) is 0.230. The molecule has 21 heavy (non-hydrogen) atoms. The summed E-state index contributed by atoms with van der Waals surface area (Å²) in [4.78, 5) is 14.4. The summed E-state index contributed by atoms with van der Waals surface area (Å²) in [6.07, 6.45) is 17.5. The Morgan fingerprint density at radius 2 is 1.57 bits per heavy atom. The van der Waals surface area contributed by atoms with Gasteiger partial charge in [-0.1, -0.05) is 71.3 Å². The summed E-state index contributed by atoms with van der Waals surface area (Å²) in [6.45, 7) is 7.73. The molecule has 0 aromatic carbocycles. The molecule has 1 aliphatic heterocycles. The van der Waals surface area contributed by atoms with Crippen LogP contribution in [-0.2, 0) is 4.79 Å². The lowest BCUT2D eigenvalue weighted by molar-refractivity contribution is -0.133. The van der Waals surface area contributed by atoms with E-state index < -0.39 is 0 Å². The lowest BCUT2D eigenvalue weighted by atomic mass is 9.85. The molecule has 2 nitrogen and oxygen atoms in total. The molecule has 0 bridgehead atoms. The van der Waals surface area contributed by atoms with Crippen LogP contribution in [0.5, 0.6) is 0 Å². The van der Waals surface area contributed by atoms with Gasteiger partial charge < -0.3 is 4.90 Å². The van der Waals surface area contributed by atoms with E-state index in [-0.39, 0.29) is 11.4 Å². The van der Waals surface area contributed by atoms with E-state index >= 15 is 0 Å². The first-order valence-corrected chi connectivity index (χ1v) is 9.12. The van der Waals surface area contributed by atoms with Gasteiger partial charge in [0.2, 0.25) is 5.91 Å². The molecule has 1 rings (SSSR count). The molecule has 0 aliphatic carbocycles. The first-order valence-electron chi connectivity index (χ1n) is 9.12. The Morgan fingerprint density at radius 1 is 1.00 bits per heavy atom. The second-order valence-electron chi connectivity index (χ2n) is 6.80. The van der Waals surface area contributed by atoms with Crippen molar-refractivity contribution in [2.45, 2.75) is 96.9 Å². The molecule has 1 unspecified atom stereocenters. The quantitative estimate of drug-likeness (QED) is 0.462. The number of hydrogen-bond acceptors (Lipinski definition) is 1. The van der Waals surface area contributed by atoms with E-state index in [1.165, 1.54) is 57.8 Å². The van der Waals surface area contributed by atoms with Gasteiger partial charge in [-0.2, -0.15) is 0 Å². The summed E-state index contributed by atoms with van der Waals surface area (Å²) in [7, 11) is 0. The molecule has 0 aromatic heterocycles. The van der Waals surface area contributed by atoms with Gasteiger partial charge in [0.15, 0.2) is 0 Å². The van der Waals surface area contributed by atoms with Crippen LogP contribution in [0.1, 0.15) is 91.4 Å². The molecule has 0 N–H and O–H groups in total. The Balaban J connectivity index is 2.56. The van der Waals surface area contributed by atoms with Gasteiger partial charge in [-0.25, -0.2) is 0 Å². The van der Waals surface area contributed by atoms with Gasteiger partial charge in [0.05, 0.1) is 0 Å². The second kappa shape index (κ2) is 10.0. The van der Waals surface area contributed by atoms with Crippen molar-refractivity contribution in [1.82, 2.24) is 4.90 Å². The number of rotatable bonds is 11. The third-order valence-electron chi connectivity index (χ3n) is 4.84. The summed E-state index contributed by atoms with van der Waals surface area (Å²) < 4.78 is 0. The highest BCUT2D eigenvalue weighted by atomic mass is 16.2. The fraction of sp³-hybridized carbons (Fsp3) is 0.842. The number of hydrogen-bond donors (Lipinski definition) is 0. The van der Waals surface area contributed by atoms with Crippen LogP contribution in [0.2, 0.25) is 0 Å². The van der Waals surface area contributed by atoms with Gasteiger partial charge in [0.25, 0.3) is 0 Å². The van der Waals surface area contributed by atoms with Crippen LogP contribution in [0.4, 0.5) is 0 Å². The Morgan fingerprint density at radius 3 is 2.19 bits per heavy atom. The zero-order valence-corrected chi connectivity index (χ0v) is 14.5. The maximum Gasteiger partial charge on any atom is 0.246 e. The van der Waals surface area contributed by atoms with E-state index in [1.54, 1.807) is 6.08 Å². The van der Waals surface area contributed by atoms with E-state index in [2.05, 4.69) is 25.7 Å². The van der Waals surface area contributed by atoms with E-state index in [0.29, 0.717) is 0 Å². The fourth-order valence-electron chi connectivity index (χ4n) is 3.38. The van der Waals surface area contributed by atoms with Gasteiger partial charge in [-0.3, -0.25) is 4.79 Å². The molecule has 0 saturated heterocycles. The monoisotopic (exact) mass is 293 g/mol. The standard InChI is InChI=1S/C19H35NO/c1-4-6-8-9-12-16-19(3,15-11-7-5-2)20-17-13-10-14-18(20)21/h10,14H,4-9,11-13,15-17H2,1-3H3. The molecule has 1 heterocycles. The van der Waals surface area contributed by atoms with Crippen LogP contribution in [0.3, 0.4) is 0 Å². The third kappa shape index (κ3) is 6.23. The molecular weight excluding hydrogens is 258 g/mol. The van der Waals surface area contributed by atoms with Crippen molar-refractivity contribution in [3.63, 3.8) is 0 Å². The van der Waals surface area contributed by atoms with Crippen molar-refractivity contribution in [1.29, 1.82) is 0 Å². The minimum atomic E-state index is 0.0726. The normalized spacial score (nSPS) is 18.0. The molecule has 1 aliphatic rings. The lowest BCUT2D eigenvalue weighted by Crippen LogP contribution is -2.50. The number of nitrogens with zero attached hydrogens (tertiary/aromatic N) is 1. The fourth-order valence-corrected chi connectivity index (χ4v) is 3.38. The number of unbranched alkanes of at least 4 members (excludes halogenated alkanes) is 6. The van der Waals surface area contributed by atoms with E-state index in [0.717, 1.165) is 19.4 Å². The molecule has 0 spiro atoms. The summed E-state index contributed by atoms with van der Waals surface area (Å²) in [6, 6.07) is 0. The van der Waals surface area contributed by atoms with Crippen molar-refractivity contribution in [3.05, 3.63) is 12.2 Å². The molecule has 0 radical (unpaired) electrons. The highest BCUT2D eigenvalue weighted by molar-refractivity contribution is 5.89. The maximum atomic E-state index is 12.2. The summed E-state index contributed by atoms with van der Waals surface area (Å²) in [5.41, 5.74) is 0.0726. The molecule has 0 fully saturated rings. The number of carbonyl (C=O) groups is 1. The Kier molecular flexibility index (Phi) is 8.72. The average molecular weight is 293 g/mol. The topological polar surface area (TPSA) is 20.3 Å². The second-order valence-corrected chi connectivity index (χ2v) is 6.80. The predicted molar refractivity (Wildman–Crippen MR) is 91.4 cm³/mol. The van der Waals surface area contributed by atoms with Gasteiger partial charge in [-0.15, -0.1) is 0 Å². The SMILES string of the molecule is CCCCCCCC(C)(CCCCC)N1CCC=CC1=O.